The van der Waals surface area contributed by atoms with Crippen LogP contribution < -0.4 is 0 Å². The maximum Gasteiger partial charge on any atom is 0.361 e. The molecular weight excluding hydrogens is 330 g/mol. The molecule has 0 unspecified atom stereocenters. The summed E-state index contributed by atoms with van der Waals surface area (Å²) in [6.07, 6.45) is -0.915. The summed E-state index contributed by atoms with van der Waals surface area (Å²) in [5.74, 6) is -0.249. The normalized spacial score (nSPS) is 11.8. The Hall–Kier alpha value is -3.21. The van der Waals surface area contributed by atoms with E-state index >= 15 is 0 Å². The van der Waals surface area contributed by atoms with E-state index in [1.54, 1.807) is 26.0 Å². The van der Waals surface area contributed by atoms with Crippen molar-refractivity contribution >= 4 is 11.8 Å². The fourth-order valence-corrected chi connectivity index (χ4v) is 2.51. The number of hydrogen-bond donors (Lipinski definition) is 0. The zero-order valence-corrected chi connectivity index (χ0v) is 14.9. The highest BCUT2D eigenvalue weighted by Crippen LogP contribution is 2.22. The number of oxazole rings is 1. The summed E-state index contributed by atoms with van der Waals surface area (Å²) in [4.78, 5) is 29.1. The lowest BCUT2D eigenvalue weighted by Crippen LogP contribution is -2.25. The second-order valence-electron chi connectivity index (χ2n) is 6.07. The van der Waals surface area contributed by atoms with Gasteiger partial charge in [0.15, 0.2) is 11.8 Å². The van der Waals surface area contributed by atoms with E-state index in [-0.39, 0.29) is 11.5 Å². The van der Waals surface area contributed by atoms with Crippen molar-refractivity contribution in [1.82, 2.24) is 4.98 Å². The molecule has 1 heterocycles. The molecule has 0 aliphatic heterocycles. The van der Waals surface area contributed by atoms with E-state index in [0.29, 0.717) is 17.2 Å². The lowest BCUT2D eigenvalue weighted by atomic mass is 10.1. The van der Waals surface area contributed by atoms with E-state index in [0.717, 1.165) is 11.1 Å². The van der Waals surface area contributed by atoms with Crippen LogP contribution >= 0.6 is 0 Å². The average molecular weight is 349 g/mol. The van der Waals surface area contributed by atoms with Gasteiger partial charge in [0.05, 0.1) is 0 Å². The van der Waals surface area contributed by atoms with Crippen LogP contribution in [0.5, 0.6) is 0 Å². The van der Waals surface area contributed by atoms with Gasteiger partial charge in [-0.15, -0.1) is 0 Å². The molecule has 0 saturated carbocycles. The predicted octanol–water partition coefficient (Wildman–Crippen LogP) is 4.39. The van der Waals surface area contributed by atoms with Gasteiger partial charge in [-0.3, -0.25) is 4.79 Å². The average Bonchev–Trinajstić information content (AvgIpc) is 3.04. The fraction of sp³-hybridized carbons (Fsp3) is 0.190. The number of esters is 1. The molecule has 0 bridgehead atoms. The van der Waals surface area contributed by atoms with E-state index < -0.39 is 12.1 Å². The molecule has 26 heavy (non-hydrogen) atoms. The molecule has 0 N–H and O–H groups in total. The number of carbonyl (C=O) groups is 2. The van der Waals surface area contributed by atoms with Gasteiger partial charge in [0.1, 0.15) is 5.76 Å². The standard InChI is InChI=1S/C21H19NO4/c1-13-9-11-16(12-10-13)19(23)15(3)26-21(24)18-14(2)25-20(22-18)17-7-5-4-6-8-17/h4-12,15H,1-3H3/t15-/m0/s1. The minimum atomic E-state index is -0.915. The Labute approximate surface area is 151 Å². The van der Waals surface area contributed by atoms with E-state index in [2.05, 4.69) is 4.98 Å². The number of Topliss-reactive ketones (excluding diaryl/α,β-unsaturated/α-hetero) is 1. The summed E-state index contributed by atoms with van der Waals surface area (Å²) < 4.78 is 10.9. The van der Waals surface area contributed by atoms with Crippen molar-refractivity contribution in [2.24, 2.45) is 0 Å². The Kier molecular flexibility index (Phi) is 4.98. The van der Waals surface area contributed by atoms with Gasteiger partial charge >= 0.3 is 5.97 Å². The number of rotatable bonds is 5. The molecule has 5 heteroatoms. The number of carbonyl (C=O) groups excluding carboxylic acids is 2. The highest BCUT2D eigenvalue weighted by atomic mass is 16.5. The highest BCUT2D eigenvalue weighted by molar-refractivity contribution is 6.01. The zero-order chi connectivity index (χ0) is 18.7. The molecule has 0 aliphatic rings. The first-order valence-electron chi connectivity index (χ1n) is 8.30. The maximum absolute atomic E-state index is 12.4. The predicted molar refractivity (Wildman–Crippen MR) is 97.1 cm³/mol. The Balaban J connectivity index is 1.74. The van der Waals surface area contributed by atoms with Crippen LogP contribution in [-0.4, -0.2) is 22.8 Å². The van der Waals surface area contributed by atoms with Crippen LogP contribution in [0.4, 0.5) is 0 Å². The molecule has 1 aromatic heterocycles. The van der Waals surface area contributed by atoms with E-state index in [4.69, 9.17) is 9.15 Å². The van der Waals surface area contributed by atoms with Gasteiger partial charge in [-0.2, -0.15) is 0 Å². The summed E-state index contributed by atoms with van der Waals surface area (Å²) in [6.45, 7) is 5.13. The van der Waals surface area contributed by atoms with E-state index in [1.165, 1.54) is 0 Å². The second kappa shape index (κ2) is 7.35. The number of aromatic nitrogens is 1. The van der Waals surface area contributed by atoms with Gasteiger partial charge in [0.2, 0.25) is 11.7 Å². The van der Waals surface area contributed by atoms with Gasteiger partial charge < -0.3 is 9.15 Å². The number of nitrogens with zero attached hydrogens (tertiary/aromatic N) is 1. The third-order valence-electron chi connectivity index (χ3n) is 4.00. The van der Waals surface area contributed by atoms with Crippen molar-refractivity contribution in [3.05, 3.63) is 77.2 Å². The first-order chi connectivity index (χ1) is 12.5. The molecular formula is C21H19NO4. The van der Waals surface area contributed by atoms with Gasteiger partial charge in [-0.25, -0.2) is 9.78 Å². The van der Waals surface area contributed by atoms with Gasteiger partial charge in [-0.1, -0.05) is 48.0 Å². The first-order valence-corrected chi connectivity index (χ1v) is 8.30. The molecule has 0 spiro atoms. The summed E-state index contributed by atoms with van der Waals surface area (Å²) in [6, 6.07) is 16.4. The van der Waals surface area contributed by atoms with Crippen LogP contribution in [0.2, 0.25) is 0 Å². The molecule has 5 nitrogen and oxygen atoms in total. The number of ether oxygens (including phenoxy) is 1. The van der Waals surface area contributed by atoms with Crippen LogP contribution in [0.3, 0.4) is 0 Å². The van der Waals surface area contributed by atoms with Crippen molar-refractivity contribution in [3.8, 4) is 11.5 Å². The highest BCUT2D eigenvalue weighted by Gasteiger charge is 2.25. The summed E-state index contributed by atoms with van der Waals surface area (Å²) >= 11 is 0. The van der Waals surface area contributed by atoms with Crippen molar-refractivity contribution in [1.29, 1.82) is 0 Å². The van der Waals surface area contributed by atoms with Gasteiger partial charge in [0.25, 0.3) is 0 Å². The largest absolute Gasteiger partial charge is 0.449 e. The molecule has 132 valence electrons. The monoisotopic (exact) mass is 349 g/mol. The molecule has 1 atom stereocenters. The Morgan fingerprint density at radius 1 is 1.00 bits per heavy atom. The number of benzene rings is 2. The quantitative estimate of drug-likeness (QED) is 0.505. The lowest BCUT2D eigenvalue weighted by molar-refractivity contribution is 0.0312. The molecule has 3 aromatic rings. The molecule has 2 aromatic carbocycles. The molecule has 0 aliphatic carbocycles. The number of ketones is 1. The SMILES string of the molecule is Cc1ccc(C(=O)[C@H](C)OC(=O)c2nc(-c3ccccc3)oc2C)cc1. The topological polar surface area (TPSA) is 69.4 Å². The van der Waals surface area contributed by atoms with Crippen LogP contribution in [0.15, 0.2) is 59.0 Å². The summed E-state index contributed by atoms with van der Waals surface area (Å²) in [7, 11) is 0. The fourth-order valence-electron chi connectivity index (χ4n) is 2.51. The first kappa shape index (κ1) is 17.6. The lowest BCUT2D eigenvalue weighted by Gasteiger charge is -2.11. The van der Waals surface area contributed by atoms with Crippen molar-refractivity contribution < 1.29 is 18.7 Å². The van der Waals surface area contributed by atoms with E-state index in [1.807, 2.05) is 49.4 Å². The van der Waals surface area contributed by atoms with Gasteiger partial charge in [0, 0.05) is 11.1 Å². The van der Waals surface area contributed by atoms with Crippen LogP contribution in [-0.2, 0) is 4.74 Å². The smallest absolute Gasteiger partial charge is 0.361 e. The number of hydrogen-bond acceptors (Lipinski definition) is 5. The summed E-state index contributed by atoms with van der Waals surface area (Å²) in [5.41, 5.74) is 2.39. The van der Waals surface area contributed by atoms with Crippen LogP contribution in [0.1, 0.15) is 39.1 Å². The third kappa shape index (κ3) is 3.72. The van der Waals surface area contributed by atoms with Crippen molar-refractivity contribution in [2.45, 2.75) is 26.9 Å². The molecule has 0 radical (unpaired) electrons. The van der Waals surface area contributed by atoms with Crippen molar-refractivity contribution in [3.63, 3.8) is 0 Å². The van der Waals surface area contributed by atoms with Crippen molar-refractivity contribution in [2.75, 3.05) is 0 Å². The maximum atomic E-state index is 12.4. The van der Waals surface area contributed by atoms with Gasteiger partial charge in [-0.05, 0) is 32.9 Å². The summed E-state index contributed by atoms with van der Waals surface area (Å²) in [5, 5.41) is 0. The third-order valence-corrected chi connectivity index (χ3v) is 4.00. The van der Waals surface area contributed by atoms with Crippen LogP contribution in [0.25, 0.3) is 11.5 Å². The number of aryl methyl sites for hydroxylation is 2. The minimum absolute atomic E-state index is 0.0763. The molecule has 3 rings (SSSR count). The Morgan fingerprint density at radius 3 is 2.31 bits per heavy atom. The molecule has 0 amide bonds. The second-order valence-corrected chi connectivity index (χ2v) is 6.07. The zero-order valence-electron chi connectivity index (χ0n) is 14.9. The molecule has 0 saturated heterocycles. The Bertz CT molecular complexity index is 926. The minimum Gasteiger partial charge on any atom is -0.449 e. The van der Waals surface area contributed by atoms with E-state index in [9.17, 15) is 9.59 Å². The van der Waals surface area contributed by atoms with Crippen LogP contribution in [0, 0.1) is 13.8 Å². The molecule has 0 fully saturated rings. The Morgan fingerprint density at radius 2 is 1.65 bits per heavy atom.